The molecule has 4 nitrogen and oxygen atoms in total. The first-order valence-corrected chi connectivity index (χ1v) is 7.95. The molecule has 0 saturated carbocycles. The lowest BCUT2D eigenvalue weighted by molar-refractivity contribution is 0.601. The van der Waals surface area contributed by atoms with E-state index in [1.54, 1.807) is 18.2 Å². The van der Waals surface area contributed by atoms with Gasteiger partial charge in [-0.3, -0.25) is 4.72 Å². The zero-order valence-electron chi connectivity index (χ0n) is 9.89. The number of sulfonamides is 1. The van der Waals surface area contributed by atoms with E-state index in [9.17, 15) is 8.42 Å². The van der Waals surface area contributed by atoms with E-state index in [1.807, 2.05) is 6.92 Å². The molecule has 19 heavy (non-hydrogen) atoms. The van der Waals surface area contributed by atoms with Crippen molar-refractivity contribution in [1.29, 1.82) is 0 Å². The van der Waals surface area contributed by atoms with E-state index in [0.29, 0.717) is 5.69 Å². The highest BCUT2D eigenvalue weighted by molar-refractivity contribution is 9.10. The fraction of sp³-hybridized carbons (Fsp3) is 0.0833. The van der Waals surface area contributed by atoms with Gasteiger partial charge in [0.2, 0.25) is 0 Å². The molecule has 0 fully saturated rings. The minimum Gasteiger partial charge on any atom is -0.280 e. The lowest BCUT2D eigenvalue weighted by atomic mass is 10.2. The van der Waals surface area contributed by atoms with Crippen LogP contribution >= 0.6 is 27.5 Å². The monoisotopic (exact) mass is 360 g/mol. The summed E-state index contributed by atoms with van der Waals surface area (Å²) in [5.74, 6) is 0. The van der Waals surface area contributed by atoms with Crippen molar-refractivity contribution in [2.45, 2.75) is 11.8 Å². The van der Waals surface area contributed by atoms with Gasteiger partial charge in [-0.25, -0.2) is 13.4 Å². The Kier molecular flexibility index (Phi) is 4.13. The number of hydrogen-bond acceptors (Lipinski definition) is 3. The van der Waals surface area contributed by atoms with Crippen LogP contribution in [0.5, 0.6) is 0 Å². The van der Waals surface area contributed by atoms with Crippen LogP contribution < -0.4 is 4.72 Å². The third-order valence-electron chi connectivity index (χ3n) is 2.42. The van der Waals surface area contributed by atoms with Gasteiger partial charge in [-0.2, -0.15) is 0 Å². The van der Waals surface area contributed by atoms with Crippen LogP contribution in [0.25, 0.3) is 0 Å². The molecule has 2 aromatic rings. The van der Waals surface area contributed by atoms with E-state index >= 15 is 0 Å². The molecule has 1 aromatic heterocycles. The van der Waals surface area contributed by atoms with E-state index in [4.69, 9.17) is 11.6 Å². The lowest BCUT2D eigenvalue weighted by Crippen LogP contribution is -2.13. The Morgan fingerprint density at radius 1 is 1.32 bits per heavy atom. The zero-order valence-corrected chi connectivity index (χ0v) is 13.1. The Labute approximate surface area is 125 Å². The van der Waals surface area contributed by atoms with Gasteiger partial charge in [-0.1, -0.05) is 27.5 Å². The van der Waals surface area contributed by atoms with E-state index < -0.39 is 10.0 Å². The Hall–Kier alpha value is -1.11. The highest BCUT2D eigenvalue weighted by Crippen LogP contribution is 2.24. The summed E-state index contributed by atoms with van der Waals surface area (Å²) in [6.45, 7) is 1.87. The number of rotatable bonds is 3. The average molecular weight is 362 g/mol. The van der Waals surface area contributed by atoms with Crippen LogP contribution in [0.1, 0.15) is 5.56 Å². The Morgan fingerprint density at radius 2 is 2.05 bits per heavy atom. The van der Waals surface area contributed by atoms with Crippen molar-refractivity contribution in [2.75, 3.05) is 4.72 Å². The van der Waals surface area contributed by atoms with Gasteiger partial charge in [0.25, 0.3) is 10.0 Å². The standard InChI is InChI=1S/C12H10BrClN2O2S/c1-8-7-9(4-5-10(8)13)16-19(17,18)11-3-2-6-15-12(11)14/h2-7,16H,1H3. The van der Waals surface area contributed by atoms with Crippen LogP contribution in [-0.4, -0.2) is 13.4 Å². The van der Waals surface area contributed by atoms with Crippen molar-refractivity contribution in [3.63, 3.8) is 0 Å². The summed E-state index contributed by atoms with van der Waals surface area (Å²) >= 11 is 9.15. The largest absolute Gasteiger partial charge is 0.280 e. The fourth-order valence-electron chi connectivity index (χ4n) is 1.49. The summed E-state index contributed by atoms with van der Waals surface area (Å²) in [4.78, 5) is 3.71. The van der Waals surface area contributed by atoms with Crippen molar-refractivity contribution >= 4 is 43.2 Å². The highest BCUT2D eigenvalue weighted by Gasteiger charge is 2.18. The first-order valence-electron chi connectivity index (χ1n) is 5.29. The Bertz CT molecular complexity index is 719. The molecule has 1 aromatic carbocycles. The number of aromatic nitrogens is 1. The summed E-state index contributed by atoms with van der Waals surface area (Å²) < 4.78 is 27.7. The first-order chi connectivity index (χ1) is 8.90. The SMILES string of the molecule is Cc1cc(NS(=O)(=O)c2cccnc2Cl)ccc1Br. The Balaban J connectivity index is 2.37. The van der Waals surface area contributed by atoms with Gasteiger partial charge in [0.1, 0.15) is 10.0 Å². The number of benzene rings is 1. The summed E-state index contributed by atoms with van der Waals surface area (Å²) in [6.07, 6.45) is 1.44. The maximum Gasteiger partial charge on any atom is 0.264 e. The number of pyridine rings is 1. The van der Waals surface area contributed by atoms with Crippen molar-refractivity contribution in [1.82, 2.24) is 4.98 Å². The van der Waals surface area contributed by atoms with Crippen molar-refractivity contribution in [3.05, 3.63) is 51.7 Å². The van der Waals surface area contributed by atoms with Crippen LogP contribution in [-0.2, 0) is 10.0 Å². The quantitative estimate of drug-likeness (QED) is 0.850. The molecule has 0 spiro atoms. The van der Waals surface area contributed by atoms with Crippen LogP contribution in [0.2, 0.25) is 5.15 Å². The average Bonchev–Trinajstić information content (AvgIpc) is 2.34. The fourth-order valence-corrected chi connectivity index (χ4v) is 3.24. The summed E-state index contributed by atoms with van der Waals surface area (Å²) in [6, 6.07) is 8.10. The van der Waals surface area contributed by atoms with Gasteiger partial charge in [-0.05, 0) is 42.8 Å². The first kappa shape index (κ1) is 14.3. The van der Waals surface area contributed by atoms with Crippen molar-refractivity contribution < 1.29 is 8.42 Å². The Morgan fingerprint density at radius 3 is 2.68 bits per heavy atom. The van der Waals surface area contributed by atoms with Gasteiger partial charge in [-0.15, -0.1) is 0 Å². The second-order valence-electron chi connectivity index (χ2n) is 3.86. The van der Waals surface area contributed by atoms with Gasteiger partial charge in [0.15, 0.2) is 0 Å². The molecule has 0 aliphatic carbocycles. The number of halogens is 2. The summed E-state index contributed by atoms with van der Waals surface area (Å²) in [5, 5.41) is -0.0520. The zero-order chi connectivity index (χ0) is 14.0. The highest BCUT2D eigenvalue weighted by atomic mass is 79.9. The van der Waals surface area contributed by atoms with E-state index in [-0.39, 0.29) is 10.0 Å². The maximum absolute atomic E-state index is 12.2. The molecule has 0 unspecified atom stereocenters. The minimum absolute atomic E-state index is 0.0442. The number of nitrogens with one attached hydrogen (secondary N) is 1. The summed E-state index contributed by atoms with van der Waals surface area (Å²) in [7, 11) is -3.73. The third kappa shape index (κ3) is 3.26. The normalized spacial score (nSPS) is 11.3. The molecule has 0 radical (unpaired) electrons. The van der Waals surface area contributed by atoms with Crippen molar-refractivity contribution in [3.8, 4) is 0 Å². The molecule has 0 aliphatic rings. The third-order valence-corrected chi connectivity index (χ3v) is 5.14. The molecule has 1 N–H and O–H groups in total. The molecule has 2 rings (SSSR count). The predicted molar refractivity (Wildman–Crippen MR) is 78.9 cm³/mol. The molecule has 0 saturated heterocycles. The maximum atomic E-state index is 12.2. The van der Waals surface area contributed by atoms with Gasteiger partial charge in [0, 0.05) is 16.4 Å². The molecule has 0 bridgehead atoms. The van der Waals surface area contributed by atoms with Crippen LogP contribution in [0.4, 0.5) is 5.69 Å². The van der Waals surface area contributed by atoms with Gasteiger partial charge in [0.05, 0.1) is 0 Å². The van der Waals surface area contributed by atoms with E-state index in [1.165, 1.54) is 18.3 Å². The molecule has 0 atom stereocenters. The molecular weight excluding hydrogens is 352 g/mol. The van der Waals surface area contributed by atoms with Crippen LogP contribution in [0, 0.1) is 6.92 Å². The topological polar surface area (TPSA) is 59.1 Å². The van der Waals surface area contributed by atoms with Crippen LogP contribution in [0.15, 0.2) is 45.9 Å². The number of aryl methyl sites for hydroxylation is 1. The number of hydrogen-bond donors (Lipinski definition) is 1. The molecule has 7 heteroatoms. The molecule has 100 valence electrons. The van der Waals surface area contributed by atoms with E-state index in [0.717, 1.165) is 10.0 Å². The van der Waals surface area contributed by atoms with Crippen LogP contribution in [0.3, 0.4) is 0 Å². The number of anilines is 1. The van der Waals surface area contributed by atoms with E-state index in [2.05, 4.69) is 25.6 Å². The lowest BCUT2D eigenvalue weighted by Gasteiger charge is -2.10. The second-order valence-corrected chi connectivity index (χ2v) is 6.72. The number of nitrogens with zero attached hydrogens (tertiary/aromatic N) is 1. The van der Waals surface area contributed by atoms with Crippen molar-refractivity contribution in [2.24, 2.45) is 0 Å². The predicted octanol–water partition coefficient (Wildman–Crippen LogP) is 3.61. The molecular formula is C12H10BrClN2O2S. The smallest absolute Gasteiger partial charge is 0.264 e. The molecule has 0 amide bonds. The molecule has 1 heterocycles. The summed E-state index contributed by atoms with van der Waals surface area (Å²) in [5.41, 5.74) is 1.40. The van der Waals surface area contributed by atoms with Gasteiger partial charge < -0.3 is 0 Å². The molecule has 0 aliphatic heterocycles. The van der Waals surface area contributed by atoms with Gasteiger partial charge >= 0.3 is 0 Å². The second kappa shape index (κ2) is 5.48. The minimum atomic E-state index is -3.73.